The Balaban J connectivity index is 0.947. The van der Waals surface area contributed by atoms with E-state index >= 15 is 0 Å². The first-order valence-corrected chi connectivity index (χ1v) is 18.1. The SMILES string of the molecule is CC(OOc1ccc2c(c1)CC[C@@H]1[C@@H]2CC[C@]2(C)[C@@H](O)CC[C@@H]12)C1C[C@@]2(C)C(=CC1=O)CCC1C2CC[C@@]2(C)C1CC[C@@H]2O. The molecule has 1 aromatic carbocycles. The van der Waals surface area contributed by atoms with Crippen LogP contribution in [0.1, 0.15) is 122 Å². The zero-order valence-electron chi connectivity index (χ0n) is 27.4. The number of hydrogen-bond donors (Lipinski definition) is 2. The van der Waals surface area contributed by atoms with E-state index in [2.05, 4.69) is 39.0 Å². The smallest absolute Gasteiger partial charge is 0.165 e. The van der Waals surface area contributed by atoms with Crippen LogP contribution < -0.4 is 4.89 Å². The number of allylic oxidation sites excluding steroid dienone is 1. The van der Waals surface area contributed by atoms with Crippen molar-refractivity contribution in [2.75, 3.05) is 0 Å². The van der Waals surface area contributed by atoms with Gasteiger partial charge in [0.15, 0.2) is 11.5 Å². The van der Waals surface area contributed by atoms with Crippen molar-refractivity contribution < 1.29 is 24.8 Å². The second-order valence-corrected chi connectivity index (χ2v) is 17.2. The summed E-state index contributed by atoms with van der Waals surface area (Å²) in [5.41, 5.74) is 4.40. The number of fused-ring (bicyclic) bond motifs is 10. The number of hydrogen-bond acceptors (Lipinski definition) is 5. The average molecular weight is 603 g/mol. The normalized spacial score (nSPS) is 48.2. The molecule has 44 heavy (non-hydrogen) atoms. The molecular weight excluding hydrogens is 548 g/mol. The van der Waals surface area contributed by atoms with E-state index in [-0.39, 0.29) is 46.3 Å². The molecule has 7 aliphatic rings. The third-order valence-electron chi connectivity index (χ3n) is 15.5. The maximum absolute atomic E-state index is 13.5. The third-order valence-corrected chi connectivity index (χ3v) is 15.5. The average Bonchev–Trinajstić information content (AvgIpc) is 3.49. The van der Waals surface area contributed by atoms with E-state index in [0.29, 0.717) is 35.5 Å². The summed E-state index contributed by atoms with van der Waals surface area (Å²) in [6.07, 6.45) is 15.4. The number of rotatable bonds is 4. The number of carbonyl (C=O) groups is 1. The molecule has 1 aromatic rings. The molecule has 0 radical (unpaired) electrons. The summed E-state index contributed by atoms with van der Waals surface area (Å²) in [6.45, 7) is 9.11. The summed E-state index contributed by atoms with van der Waals surface area (Å²) in [5, 5.41) is 21.6. The fourth-order valence-corrected chi connectivity index (χ4v) is 12.8. The predicted octanol–water partition coefficient (Wildman–Crippen LogP) is 7.72. The van der Waals surface area contributed by atoms with E-state index < -0.39 is 0 Å². The van der Waals surface area contributed by atoms with Crippen LogP contribution in [-0.4, -0.2) is 34.3 Å². The highest BCUT2D eigenvalue weighted by Gasteiger charge is 2.60. The van der Waals surface area contributed by atoms with E-state index in [4.69, 9.17) is 9.78 Å². The molecule has 5 nitrogen and oxygen atoms in total. The van der Waals surface area contributed by atoms with Crippen molar-refractivity contribution in [2.45, 2.75) is 135 Å². The third kappa shape index (κ3) is 4.23. The largest absolute Gasteiger partial charge is 0.393 e. The summed E-state index contributed by atoms with van der Waals surface area (Å²) < 4.78 is 0. The first-order chi connectivity index (χ1) is 21.0. The minimum Gasteiger partial charge on any atom is -0.393 e. The summed E-state index contributed by atoms with van der Waals surface area (Å²) in [7, 11) is 0. The van der Waals surface area contributed by atoms with Gasteiger partial charge in [-0.05, 0) is 171 Å². The lowest BCUT2D eigenvalue weighted by atomic mass is 9.46. The fourth-order valence-electron chi connectivity index (χ4n) is 12.8. The maximum atomic E-state index is 13.5. The van der Waals surface area contributed by atoms with Crippen LogP contribution in [0.4, 0.5) is 0 Å². The zero-order chi connectivity index (χ0) is 30.6. The lowest BCUT2D eigenvalue weighted by Gasteiger charge is -2.58. The Morgan fingerprint density at radius 1 is 0.818 bits per heavy atom. The molecule has 5 unspecified atom stereocenters. The number of ketones is 1. The summed E-state index contributed by atoms with van der Waals surface area (Å²) in [6, 6.07) is 6.51. The first kappa shape index (κ1) is 29.7. The van der Waals surface area contributed by atoms with Gasteiger partial charge >= 0.3 is 0 Å². The highest BCUT2D eigenvalue weighted by atomic mass is 17.2. The van der Waals surface area contributed by atoms with Crippen molar-refractivity contribution >= 4 is 5.78 Å². The van der Waals surface area contributed by atoms with E-state index in [0.717, 1.165) is 76.4 Å². The van der Waals surface area contributed by atoms with E-state index in [1.165, 1.54) is 29.5 Å². The van der Waals surface area contributed by atoms with Crippen LogP contribution >= 0.6 is 0 Å². The van der Waals surface area contributed by atoms with Crippen LogP contribution in [0, 0.1) is 51.8 Å². The summed E-state index contributed by atoms with van der Waals surface area (Å²) in [4.78, 5) is 25.5. The second-order valence-electron chi connectivity index (χ2n) is 17.2. The van der Waals surface area contributed by atoms with E-state index in [9.17, 15) is 15.0 Å². The van der Waals surface area contributed by atoms with Crippen molar-refractivity contribution in [3.05, 3.63) is 41.0 Å². The summed E-state index contributed by atoms with van der Waals surface area (Å²) >= 11 is 0. The molecule has 2 N–H and O–H groups in total. The molecule has 5 saturated carbocycles. The molecule has 0 aromatic heterocycles. The van der Waals surface area contributed by atoms with Crippen LogP contribution in [0.5, 0.6) is 5.75 Å². The summed E-state index contributed by atoms with van der Waals surface area (Å²) in [5.74, 6) is 4.44. The highest BCUT2D eigenvalue weighted by Crippen LogP contribution is 2.66. The molecule has 5 fully saturated rings. The maximum Gasteiger partial charge on any atom is 0.165 e. The molecular formula is C39H54O5. The number of carbonyl (C=O) groups excluding carboxylic acids is 1. The molecule has 0 aliphatic heterocycles. The Bertz CT molecular complexity index is 1350. The van der Waals surface area contributed by atoms with Crippen molar-refractivity contribution in [3.8, 4) is 5.75 Å². The van der Waals surface area contributed by atoms with E-state index in [1.807, 2.05) is 13.0 Å². The number of aliphatic hydroxyl groups excluding tert-OH is 2. The van der Waals surface area contributed by atoms with Gasteiger partial charge in [0.2, 0.25) is 0 Å². The molecule has 0 bridgehead atoms. The van der Waals surface area contributed by atoms with Gasteiger partial charge in [0.25, 0.3) is 0 Å². The Labute approximate surface area is 264 Å². The highest BCUT2D eigenvalue weighted by molar-refractivity contribution is 5.94. The molecule has 0 spiro atoms. The number of benzene rings is 1. The van der Waals surface area contributed by atoms with Gasteiger partial charge in [0.05, 0.1) is 18.1 Å². The molecule has 0 saturated heterocycles. The van der Waals surface area contributed by atoms with Gasteiger partial charge in [-0.25, -0.2) is 0 Å². The van der Waals surface area contributed by atoms with Crippen LogP contribution in [-0.2, 0) is 16.1 Å². The predicted molar refractivity (Wildman–Crippen MR) is 170 cm³/mol. The molecule has 0 heterocycles. The topological polar surface area (TPSA) is 76.0 Å². The van der Waals surface area contributed by atoms with Gasteiger partial charge in [-0.3, -0.25) is 4.79 Å². The van der Waals surface area contributed by atoms with Crippen LogP contribution in [0.25, 0.3) is 0 Å². The zero-order valence-corrected chi connectivity index (χ0v) is 27.4. The molecule has 13 atom stereocenters. The van der Waals surface area contributed by atoms with Gasteiger partial charge in [0.1, 0.15) is 6.10 Å². The Morgan fingerprint density at radius 3 is 2.25 bits per heavy atom. The van der Waals surface area contributed by atoms with Crippen molar-refractivity contribution in [1.82, 2.24) is 0 Å². The van der Waals surface area contributed by atoms with Crippen molar-refractivity contribution in [1.29, 1.82) is 0 Å². The Kier molecular flexibility index (Phi) is 7.02. The minimum atomic E-state index is -0.329. The fraction of sp³-hybridized carbons (Fsp3) is 0.769. The Morgan fingerprint density at radius 2 is 1.50 bits per heavy atom. The Hall–Kier alpha value is -1.69. The van der Waals surface area contributed by atoms with Crippen LogP contribution in [0.3, 0.4) is 0 Å². The van der Waals surface area contributed by atoms with Gasteiger partial charge in [0, 0.05) is 0 Å². The van der Waals surface area contributed by atoms with Gasteiger partial charge in [-0.1, -0.05) is 32.4 Å². The van der Waals surface area contributed by atoms with Crippen LogP contribution in [0.15, 0.2) is 29.8 Å². The lowest BCUT2D eigenvalue weighted by molar-refractivity contribution is -0.253. The van der Waals surface area contributed by atoms with Crippen LogP contribution in [0.2, 0.25) is 0 Å². The molecule has 8 rings (SSSR count). The van der Waals surface area contributed by atoms with E-state index in [1.54, 1.807) is 0 Å². The van der Waals surface area contributed by atoms with Crippen molar-refractivity contribution in [3.63, 3.8) is 0 Å². The second kappa shape index (κ2) is 10.4. The minimum absolute atomic E-state index is 0.0157. The monoisotopic (exact) mass is 602 g/mol. The molecule has 7 aliphatic carbocycles. The molecule has 240 valence electrons. The lowest BCUT2D eigenvalue weighted by Crippen LogP contribution is -2.53. The van der Waals surface area contributed by atoms with Gasteiger partial charge in [-0.2, -0.15) is 4.89 Å². The quantitative estimate of drug-likeness (QED) is 0.273. The standard InChI is InChI=1S/C39H54O5/c1-22(30-21-39(4)24(20-34(30)40)6-9-29-32-12-14-36(42)38(32,3)18-16-33(29)39)43-44-25-7-10-26-23(19-25)5-8-28-27(26)15-17-37(2)31(28)11-13-35(37)41/h7,10,19-20,22,27-33,35-36,41-42H,5-6,8-9,11-18,21H2,1-4H3/t22?,27-,28-,29?,30?,31+,32?,33?,35+,36+,37+,38+,39+/m1/s1. The van der Waals surface area contributed by atoms with Gasteiger partial charge < -0.3 is 15.1 Å². The molecule has 0 amide bonds. The van der Waals surface area contributed by atoms with Crippen molar-refractivity contribution in [2.24, 2.45) is 51.8 Å². The van der Waals surface area contributed by atoms with Gasteiger partial charge in [-0.15, -0.1) is 0 Å². The molecule has 5 heteroatoms. The first-order valence-electron chi connectivity index (χ1n) is 18.1. The number of aryl methyl sites for hydroxylation is 1. The number of aliphatic hydroxyl groups is 2.